The minimum absolute atomic E-state index is 0.0465. The Morgan fingerprint density at radius 2 is 1.52 bits per heavy atom. The molecule has 2 amide bonds. The summed E-state index contributed by atoms with van der Waals surface area (Å²) in [4.78, 5) is 12.1. The Bertz CT molecular complexity index is 860. The van der Waals surface area contributed by atoms with E-state index in [2.05, 4.69) is 36.6 Å². The Morgan fingerprint density at radius 3 is 2.04 bits per heavy atom. The normalized spacial score (nSPS) is 12.6. The van der Waals surface area contributed by atoms with Gasteiger partial charge in [0, 0.05) is 6.54 Å². The average Bonchev–Trinajstić information content (AvgIpc) is 2.59. The maximum atomic E-state index is 12.1. The van der Waals surface area contributed by atoms with E-state index in [0.717, 1.165) is 17.5 Å². The van der Waals surface area contributed by atoms with Gasteiger partial charge in [0.05, 0.1) is 10.9 Å². The van der Waals surface area contributed by atoms with Crippen molar-refractivity contribution in [3.05, 3.63) is 65.2 Å². The molecule has 7 heteroatoms. The molecule has 0 saturated heterocycles. The van der Waals surface area contributed by atoms with Crippen molar-refractivity contribution in [2.45, 2.75) is 44.7 Å². The third kappa shape index (κ3) is 6.69. The molecule has 0 fully saturated rings. The molecular formula is C20H27N3O3S. The Hall–Kier alpha value is -2.38. The van der Waals surface area contributed by atoms with Gasteiger partial charge in [-0.1, -0.05) is 50.2 Å². The van der Waals surface area contributed by atoms with Crippen LogP contribution in [0.25, 0.3) is 0 Å². The second kappa shape index (κ2) is 9.01. The number of primary sulfonamides is 1. The predicted molar refractivity (Wildman–Crippen MR) is 107 cm³/mol. The number of hydrogen-bond donors (Lipinski definition) is 3. The summed E-state index contributed by atoms with van der Waals surface area (Å²) < 4.78 is 22.5. The van der Waals surface area contributed by atoms with Crippen molar-refractivity contribution in [2.24, 2.45) is 11.1 Å². The maximum absolute atomic E-state index is 12.1. The van der Waals surface area contributed by atoms with Crippen LogP contribution < -0.4 is 15.8 Å². The van der Waals surface area contributed by atoms with E-state index in [1.807, 2.05) is 19.1 Å². The zero-order valence-corrected chi connectivity index (χ0v) is 16.7. The van der Waals surface area contributed by atoms with Crippen LogP contribution in [0.15, 0.2) is 53.4 Å². The van der Waals surface area contributed by atoms with Gasteiger partial charge in [0.2, 0.25) is 10.0 Å². The van der Waals surface area contributed by atoms with Gasteiger partial charge < -0.3 is 10.6 Å². The lowest BCUT2D eigenvalue weighted by molar-refractivity contribution is 0.237. The highest BCUT2D eigenvalue weighted by molar-refractivity contribution is 7.89. The van der Waals surface area contributed by atoms with E-state index in [-0.39, 0.29) is 23.5 Å². The molecule has 0 aromatic heterocycles. The van der Waals surface area contributed by atoms with Crippen molar-refractivity contribution in [2.75, 3.05) is 0 Å². The number of rotatable bonds is 7. The van der Waals surface area contributed by atoms with Crippen molar-refractivity contribution in [3.63, 3.8) is 0 Å². The Labute approximate surface area is 161 Å². The van der Waals surface area contributed by atoms with E-state index < -0.39 is 10.0 Å². The van der Waals surface area contributed by atoms with Gasteiger partial charge in [-0.15, -0.1) is 0 Å². The molecule has 6 nitrogen and oxygen atoms in total. The van der Waals surface area contributed by atoms with Crippen LogP contribution in [0.4, 0.5) is 4.79 Å². The number of carbonyl (C=O) groups excluding carboxylic acids is 1. The van der Waals surface area contributed by atoms with Gasteiger partial charge in [-0.05, 0) is 48.1 Å². The highest BCUT2D eigenvalue weighted by Crippen LogP contribution is 2.15. The van der Waals surface area contributed by atoms with E-state index in [9.17, 15) is 13.2 Å². The summed E-state index contributed by atoms with van der Waals surface area (Å²) in [6, 6.07) is 13.9. The largest absolute Gasteiger partial charge is 0.334 e. The predicted octanol–water partition coefficient (Wildman–Crippen LogP) is 3.09. The fourth-order valence-corrected chi connectivity index (χ4v) is 3.24. The molecule has 0 unspecified atom stereocenters. The Morgan fingerprint density at radius 1 is 0.963 bits per heavy atom. The minimum atomic E-state index is -3.71. The molecule has 0 bridgehead atoms. The molecule has 0 aliphatic carbocycles. The highest BCUT2D eigenvalue weighted by atomic mass is 32.2. The number of benzene rings is 2. The van der Waals surface area contributed by atoms with Crippen LogP contribution in [0.5, 0.6) is 0 Å². The summed E-state index contributed by atoms with van der Waals surface area (Å²) in [5.74, 6) is 0.608. The van der Waals surface area contributed by atoms with Crippen LogP contribution in [-0.2, 0) is 23.0 Å². The van der Waals surface area contributed by atoms with Crippen molar-refractivity contribution >= 4 is 16.1 Å². The van der Waals surface area contributed by atoms with Gasteiger partial charge in [-0.3, -0.25) is 0 Å². The van der Waals surface area contributed by atoms with Gasteiger partial charge in [0.25, 0.3) is 0 Å². The van der Waals surface area contributed by atoms with Gasteiger partial charge in [-0.2, -0.15) is 0 Å². The van der Waals surface area contributed by atoms with Crippen LogP contribution >= 0.6 is 0 Å². The summed E-state index contributed by atoms with van der Waals surface area (Å²) in [7, 11) is -3.71. The first-order chi connectivity index (χ1) is 12.6. The van der Waals surface area contributed by atoms with E-state index in [4.69, 9.17) is 5.14 Å². The molecule has 0 saturated carbocycles. The van der Waals surface area contributed by atoms with Crippen LogP contribution in [0.3, 0.4) is 0 Å². The molecule has 0 spiro atoms. The quantitative estimate of drug-likeness (QED) is 0.678. The second-order valence-electron chi connectivity index (χ2n) is 7.08. The van der Waals surface area contributed by atoms with Crippen LogP contribution in [0.2, 0.25) is 0 Å². The number of nitrogens with two attached hydrogens (primary N) is 1. The number of amides is 2. The van der Waals surface area contributed by atoms with Gasteiger partial charge in [0.1, 0.15) is 0 Å². The zero-order valence-electron chi connectivity index (χ0n) is 15.9. The van der Waals surface area contributed by atoms with Crippen molar-refractivity contribution in [1.29, 1.82) is 0 Å². The van der Waals surface area contributed by atoms with Crippen molar-refractivity contribution in [1.82, 2.24) is 10.6 Å². The zero-order chi connectivity index (χ0) is 20.0. The van der Waals surface area contributed by atoms with Gasteiger partial charge in [-0.25, -0.2) is 18.4 Å². The molecule has 1 atom stereocenters. The van der Waals surface area contributed by atoms with Crippen molar-refractivity contribution < 1.29 is 13.2 Å². The Balaban J connectivity index is 1.86. The van der Waals surface area contributed by atoms with Crippen molar-refractivity contribution in [3.8, 4) is 0 Å². The van der Waals surface area contributed by atoms with Gasteiger partial charge >= 0.3 is 6.03 Å². The fraction of sp³-hybridized carbons (Fsp3) is 0.350. The smallest absolute Gasteiger partial charge is 0.315 e. The monoisotopic (exact) mass is 389 g/mol. The molecule has 0 radical (unpaired) electrons. The Kier molecular flexibility index (Phi) is 6.98. The summed E-state index contributed by atoms with van der Waals surface area (Å²) in [5, 5.41) is 10.7. The lowest BCUT2D eigenvalue weighted by atomic mass is 10.00. The third-order valence-electron chi connectivity index (χ3n) is 4.18. The van der Waals surface area contributed by atoms with E-state index in [1.54, 1.807) is 12.1 Å². The number of nitrogens with one attached hydrogen (secondary N) is 2. The molecule has 4 N–H and O–H groups in total. The summed E-state index contributed by atoms with van der Waals surface area (Å²) in [6.07, 6.45) is 1.03. The van der Waals surface area contributed by atoms with Crippen LogP contribution in [0.1, 0.15) is 43.5 Å². The lowest BCUT2D eigenvalue weighted by Gasteiger charge is -2.16. The first-order valence-electron chi connectivity index (χ1n) is 8.90. The number of hydrogen-bond acceptors (Lipinski definition) is 3. The minimum Gasteiger partial charge on any atom is -0.334 e. The summed E-state index contributed by atoms with van der Waals surface area (Å²) in [5.41, 5.74) is 3.10. The van der Waals surface area contributed by atoms with Crippen LogP contribution in [0, 0.1) is 5.92 Å². The molecular weight excluding hydrogens is 362 g/mol. The topological polar surface area (TPSA) is 101 Å². The van der Waals surface area contributed by atoms with E-state index in [1.165, 1.54) is 17.7 Å². The second-order valence-corrected chi connectivity index (χ2v) is 8.64. The number of urea groups is 1. The van der Waals surface area contributed by atoms with Gasteiger partial charge in [0.15, 0.2) is 0 Å². The molecule has 0 aliphatic rings. The maximum Gasteiger partial charge on any atom is 0.315 e. The molecule has 0 aliphatic heterocycles. The summed E-state index contributed by atoms with van der Waals surface area (Å²) in [6.45, 7) is 6.59. The molecule has 2 aromatic rings. The molecule has 146 valence electrons. The number of carbonyl (C=O) groups is 1. The fourth-order valence-electron chi connectivity index (χ4n) is 2.72. The molecule has 2 aromatic carbocycles. The molecule has 2 rings (SSSR count). The first-order valence-corrected chi connectivity index (χ1v) is 10.4. The lowest BCUT2D eigenvalue weighted by Crippen LogP contribution is -2.36. The standard InChI is InChI=1S/C20H27N3O3S/c1-14(2)12-16-4-8-18(9-5-16)15(3)23-20(24)22-13-17-6-10-19(11-7-17)27(21,25)26/h4-11,14-15H,12-13H2,1-3H3,(H2,21,25,26)(H2,22,23,24)/t15-/m1/s1. The SMILES string of the molecule is CC(C)Cc1ccc([C@@H](C)NC(=O)NCc2ccc(S(N)(=O)=O)cc2)cc1. The number of sulfonamides is 1. The summed E-state index contributed by atoms with van der Waals surface area (Å²) >= 11 is 0. The third-order valence-corrected chi connectivity index (χ3v) is 5.11. The van der Waals surface area contributed by atoms with E-state index >= 15 is 0 Å². The molecule has 27 heavy (non-hydrogen) atoms. The van der Waals surface area contributed by atoms with E-state index in [0.29, 0.717) is 5.92 Å². The van der Waals surface area contributed by atoms with Crippen LogP contribution in [-0.4, -0.2) is 14.4 Å². The highest BCUT2D eigenvalue weighted by Gasteiger charge is 2.10. The molecule has 0 heterocycles. The average molecular weight is 390 g/mol. The first kappa shape index (κ1) is 20.9.